The highest BCUT2D eigenvalue weighted by Crippen LogP contribution is 2.22. The molecule has 26 heavy (non-hydrogen) atoms. The number of hydrogen-bond acceptors (Lipinski definition) is 6. The molecule has 2 N–H and O–H groups in total. The maximum Gasteiger partial charge on any atom is 0.227 e. The van der Waals surface area contributed by atoms with Crippen LogP contribution in [0.4, 0.5) is 11.6 Å². The lowest BCUT2D eigenvalue weighted by Crippen LogP contribution is -2.26. The zero-order valence-electron chi connectivity index (χ0n) is 15.5. The van der Waals surface area contributed by atoms with Crippen LogP contribution in [0.3, 0.4) is 0 Å². The Hall–Kier alpha value is -2.22. The van der Waals surface area contributed by atoms with Crippen molar-refractivity contribution < 1.29 is 0 Å². The summed E-state index contributed by atoms with van der Waals surface area (Å²) in [5.41, 5.74) is 3.18. The molecule has 0 amide bonds. The van der Waals surface area contributed by atoms with Gasteiger partial charge in [-0.2, -0.15) is 0 Å². The maximum absolute atomic E-state index is 4.64. The number of rotatable bonds is 8. The van der Waals surface area contributed by atoms with Gasteiger partial charge in [0.15, 0.2) is 7.85 Å². The van der Waals surface area contributed by atoms with Gasteiger partial charge in [-0.15, -0.1) is 11.3 Å². The van der Waals surface area contributed by atoms with Crippen LogP contribution < -0.4 is 15.4 Å². The Morgan fingerprint density at radius 2 is 2.04 bits per heavy atom. The van der Waals surface area contributed by atoms with Gasteiger partial charge in [0, 0.05) is 31.5 Å². The molecule has 0 bridgehead atoms. The Balaban J connectivity index is 1.64. The number of likely N-dealkylation sites (N-methyl/N-ethyl adjacent to an activating group) is 1. The van der Waals surface area contributed by atoms with Gasteiger partial charge in [-0.05, 0) is 48.7 Å². The van der Waals surface area contributed by atoms with Crippen LogP contribution in [-0.2, 0) is 6.54 Å². The maximum atomic E-state index is 4.64. The molecule has 0 spiro atoms. The summed E-state index contributed by atoms with van der Waals surface area (Å²) in [6.45, 7) is 2.84. The Morgan fingerprint density at radius 1 is 1.15 bits per heavy atom. The van der Waals surface area contributed by atoms with Crippen molar-refractivity contribution >= 4 is 35.6 Å². The van der Waals surface area contributed by atoms with E-state index in [4.69, 9.17) is 0 Å². The highest BCUT2D eigenvalue weighted by atomic mass is 32.1. The molecule has 1 aromatic carbocycles. The van der Waals surface area contributed by atoms with Crippen molar-refractivity contribution in [1.82, 2.24) is 20.2 Å². The standard InChI is InChI=1S/C19H24BN5S/c1-25(2)11-10-21-13-14-4-3-5-15(12-14)23-19-22-9-8-16(24-19)17-6-7-18(20)26-17/h3-9,12,21H,10-11,13,20H2,1-2H3,(H,22,23,24). The number of hydrogen-bond donors (Lipinski definition) is 2. The van der Waals surface area contributed by atoms with Gasteiger partial charge >= 0.3 is 0 Å². The summed E-state index contributed by atoms with van der Waals surface area (Å²) in [5, 5.41) is 6.77. The summed E-state index contributed by atoms with van der Waals surface area (Å²) < 4.78 is 1.28. The van der Waals surface area contributed by atoms with Crippen LogP contribution in [0.1, 0.15) is 5.56 Å². The quantitative estimate of drug-likeness (QED) is 0.472. The first-order valence-corrected chi connectivity index (χ1v) is 9.53. The van der Waals surface area contributed by atoms with Crippen LogP contribution >= 0.6 is 11.3 Å². The van der Waals surface area contributed by atoms with E-state index < -0.39 is 0 Å². The van der Waals surface area contributed by atoms with Crippen LogP contribution in [0.15, 0.2) is 48.7 Å². The number of nitrogens with zero attached hydrogens (tertiary/aromatic N) is 3. The van der Waals surface area contributed by atoms with Crippen LogP contribution in [0.5, 0.6) is 0 Å². The van der Waals surface area contributed by atoms with Gasteiger partial charge in [-0.25, -0.2) is 9.97 Å². The summed E-state index contributed by atoms with van der Waals surface area (Å²) in [5.74, 6) is 0.617. The van der Waals surface area contributed by atoms with E-state index in [2.05, 4.69) is 77.8 Å². The molecular formula is C19H24BN5S. The minimum absolute atomic E-state index is 0.617. The average Bonchev–Trinajstić information content (AvgIpc) is 3.06. The first-order valence-electron chi connectivity index (χ1n) is 8.71. The smallest absolute Gasteiger partial charge is 0.227 e. The lowest BCUT2D eigenvalue weighted by molar-refractivity contribution is 0.400. The van der Waals surface area contributed by atoms with Gasteiger partial charge in [0.2, 0.25) is 5.95 Å². The summed E-state index contributed by atoms with van der Waals surface area (Å²) in [4.78, 5) is 12.3. The molecule has 7 heteroatoms. The minimum atomic E-state index is 0.617. The van der Waals surface area contributed by atoms with Crippen LogP contribution in [0, 0.1) is 0 Å². The van der Waals surface area contributed by atoms with E-state index in [1.807, 2.05) is 12.1 Å². The summed E-state index contributed by atoms with van der Waals surface area (Å²) in [7, 11) is 6.27. The third-order valence-electron chi connectivity index (χ3n) is 3.90. The van der Waals surface area contributed by atoms with Gasteiger partial charge in [0.05, 0.1) is 10.6 Å². The number of benzene rings is 1. The summed E-state index contributed by atoms with van der Waals surface area (Å²) in [6, 6.07) is 14.5. The van der Waals surface area contributed by atoms with E-state index in [0.717, 1.165) is 35.9 Å². The van der Waals surface area contributed by atoms with Crippen LogP contribution in [-0.4, -0.2) is 49.9 Å². The minimum Gasteiger partial charge on any atom is -0.324 e. The van der Waals surface area contributed by atoms with E-state index in [1.165, 1.54) is 10.3 Å². The third-order valence-corrected chi connectivity index (χ3v) is 4.92. The fourth-order valence-corrected chi connectivity index (χ4v) is 3.39. The summed E-state index contributed by atoms with van der Waals surface area (Å²) in [6.07, 6.45) is 1.80. The molecule has 2 heterocycles. The van der Waals surface area contributed by atoms with Crippen molar-refractivity contribution in [3.63, 3.8) is 0 Å². The van der Waals surface area contributed by atoms with Gasteiger partial charge in [0.25, 0.3) is 0 Å². The fraction of sp³-hybridized carbons (Fsp3) is 0.263. The molecule has 0 aliphatic carbocycles. The molecule has 0 saturated heterocycles. The second kappa shape index (κ2) is 8.94. The highest BCUT2D eigenvalue weighted by molar-refractivity contribution is 7.23. The van der Waals surface area contributed by atoms with Gasteiger partial charge in [-0.1, -0.05) is 18.2 Å². The predicted octanol–water partition coefficient (Wildman–Crippen LogP) is 1.86. The van der Waals surface area contributed by atoms with Crippen molar-refractivity contribution in [3.8, 4) is 10.6 Å². The second-order valence-corrected chi connectivity index (χ2v) is 7.77. The fourth-order valence-electron chi connectivity index (χ4n) is 2.55. The van der Waals surface area contributed by atoms with Crippen LogP contribution in [0.2, 0.25) is 0 Å². The van der Waals surface area contributed by atoms with Crippen molar-refractivity contribution in [3.05, 3.63) is 54.2 Å². The normalized spacial score (nSPS) is 11.0. The molecule has 0 atom stereocenters. The molecule has 134 valence electrons. The predicted molar refractivity (Wildman–Crippen MR) is 114 cm³/mol. The molecule has 5 nitrogen and oxygen atoms in total. The second-order valence-electron chi connectivity index (χ2n) is 6.48. The Labute approximate surface area is 159 Å². The van der Waals surface area contributed by atoms with Crippen LogP contribution in [0.25, 0.3) is 10.6 Å². The first kappa shape index (κ1) is 18.6. The largest absolute Gasteiger partial charge is 0.324 e. The molecule has 0 radical (unpaired) electrons. The summed E-state index contributed by atoms with van der Waals surface area (Å²) >= 11 is 1.74. The molecule has 0 aliphatic heterocycles. The topological polar surface area (TPSA) is 53.1 Å². The number of nitrogens with one attached hydrogen (secondary N) is 2. The number of aromatic nitrogens is 2. The van der Waals surface area contributed by atoms with Gasteiger partial charge in [0.1, 0.15) is 0 Å². The first-order chi connectivity index (χ1) is 12.6. The molecule has 0 fully saturated rings. The number of anilines is 2. The molecule has 0 unspecified atom stereocenters. The third kappa shape index (κ3) is 5.39. The average molecular weight is 365 g/mol. The van der Waals surface area contributed by atoms with Crippen molar-refractivity contribution in [1.29, 1.82) is 0 Å². The lowest BCUT2D eigenvalue weighted by Gasteiger charge is -2.11. The zero-order chi connectivity index (χ0) is 18.4. The highest BCUT2D eigenvalue weighted by Gasteiger charge is 2.05. The molecule has 3 aromatic rings. The SMILES string of the molecule is Bc1ccc(-c2ccnc(Nc3cccc(CNCCN(C)C)c3)n2)s1. The molecular weight excluding hydrogens is 341 g/mol. The Morgan fingerprint density at radius 3 is 2.81 bits per heavy atom. The molecule has 3 rings (SSSR count). The van der Waals surface area contributed by atoms with Gasteiger partial charge < -0.3 is 15.5 Å². The monoisotopic (exact) mass is 365 g/mol. The lowest BCUT2D eigenvalue weighted by atomic mass is 10.1. The van der Waals surface area contributed by atoms with E-state index >= 15 is 0 Å². The Kier molecular flexibility index (Phi) is 6.38. The van der Waals surface area contributed by atoms with E-state index in [1.54, 1.807) is 17.5 Å². The van der Waals surface area contributed by atoms with E-state index in [-0.39, 0.29) is 0 Å². The van der Waals surface area contributed by atoms with E-state index in [9.17, 15) is 0 Å². The van der Waals surface area contributed by atoms with E-state index in [0.29, 0.717) is 5.95 Å². The molecule has 2 aromatic heterocycles. The number of thiophene rings is 1. The Bertz CT molecular complexity index is 849. The van der Waals surface area contributed by atoms with Crippen molar-refractivity contribution in [2.45, 2.75) is 6.54 Å². The van der Waals surface area contributed by atoms with Crippen molar-refractivity contribution in [2.24, 2.45) is 0 Å². The van der Waals surface area contributed by atoms with Crippen molar-refractivity contribution in [2.75, 3.05) is 32.5 Å². The van der Waals surface area contributed by atoms with Gasteiger partial charge in [-0.3, -0.25) is 0 Å². The zero-order valence-corrected chi connectivity index (χ0v) is 16.3. The molecule has 0 saturated carbocycles. The molecule has 0 aliphatic rings.